The summed E-state index contributed by atoms with van der Waals surface area (Å²) in [5.41, 5.74) is -0.465. The first-order chi connectivity index (χ1) is 12.1. The first-order valence-electron chi connectivity index (χ1n) is 7.99. The minimum Gasteiger partial charge on any atom is -0.481 e. The molecule has 1 N–H and O–H groups in total. The van der Waals surface area contributed by atoms with Crippen molar-refractivity contribution >= 4 is 22.4 Å². The number of halogens is 2. The van der Waals surface area contributed by atoms with Crippen LogP contribution in [0.25, 0.3) is 10.8 Å². The lowest BCUT2D eigenvalue weighted by Crippen LogP contribution is -2.33. The molecule has 0 aromatic heterocycles. The molecule has 3 aromatic rings. The number of benzene rings is 3. The van der Waals surface area contributed by atoms with Gasteiger partial charge < -0.3 is 10.1 Å². The number of hydrogen-bond donors (Lipinski definition) is 1. The fourth-order valence-corrected chi connectivity index (χ4v) is 2.55. The zero-order valence-corrected chi connectivity index (χ0v) is 13.6. The average molecular weight is 341 g/mol. The van der Waals surface area contributed by atoms with Gasteiger partial charge in [-0.25, -0.2) is 8.78 Å². The Morgan fingerprint density at radius 3 is 2.36 bits per heavy atom. The van der Waals surface area contributed by atoms with Crippen LogP contribution in [0.1, 0.15) is 13.3 Å². The number of carbonyl (C=O) groups is 1. The van der Waals surface area contributed by atoms with Crippen LogP contribution < -0.4 is 10.1 Å². The number of rotatable bonds is 5. The van der Waals surface area contributed by atoms with Gasteiger partial charge in [-0.1, -0.05) is 43.3 Å². The Labute approximate surface area is 144 Å². The number of nitrogens with one attached hydrogen (secondary N) is 1. The van der Waals surface area contributed by atoms with E-state index in [0.29, 0.717) is 12.2 Å². The van der Waals surface area contributed by atoms with E-state index in [1.807, 2.05) is 36.4 Å². The molecular weight excluding hydrogens is 324 g/mol. The van der Waals surface area contributed by atoms with Crippen molar-refractivity contribution in [2.24, 2.45) is 0 Å². The SMILES string of the molecule is CC[C@@H](Oc1ccc2ccccc2c1)C(=O)Nc1c(F)cccc1F. The van der Waals surface area contributed by atoms with Crippen molar-refractivity contribution in [1.29, 1.82) is 0 Å². The summed E-state index contributed by atoms with van der Waals surface area (Å²) in [6.45, 7) is 1.77. The summed E-state index contributed by atoms with van der Waals surface area (Å²) in [5.74, 6) is -1.72. The van der Waals surface area contributed by atoms with Crippen molar-refractivity contribution in [3.63, 3.8) is 0 Å². The molecule has 0 saturated heterocycles. The van der Waals surface area contributed by atoms with Crippen LogP contribution in [0.5, 0.6) is 5.75 Å². The van der Waals surface area contributed by atoms with Gasteiger partial charge in [0, 0.05) is 0 Å². The van der Waals surface area contributed by atoms with Gasteiger partial charge in [-0.3, -0.25) is 4.79 Å². The van der Waals surface area contributed by atoms with Gasteiger partial charge >= 0.3 is 0 Å². The molecule has 0 saturated carbocycles. The third-order valence-electron chi connectivity index (χ3n) is 3.87. The molecular formula is C20H17F2NO2. The van der Waals surface area contributed by atoms with E-state index in [2.05, 4.69) is 5.32 Å². The number of para-hydroxylation sites is 1. The van der Waals surface area contributed by atoms with Gasteiger partial charge in [-0.2, -0.15) is 0 Å². The number of fused-ring (bicyclic) bond motifs is 1. The number of carbonyl (C=O) groups excluding carboxylic acids is 1. The van der Waals surface area contributed by atoms with Crippen LogP contribution in [-0.2, 0) is 4.79 Å². The van der Waals surface area contributed by atoms with Gasteiger partial charge in [0.15, 0.2) is 6.10 Å². The smallest absolute Gasteiger partial charge is 0.265 e. The number of amides is 1. The van der Waals surface area contributed by atoms with Gasteiger partial charge in [0.25, 0.3) is 5.91 Å². The van der Waals surface area contributed by atoms with Crippen LogP contribution in [0, 0.1) is 11.6 Å². The van der Waals surface area contributed by atoms with Crippen LogP contribution in [0.2, 0.25) is 0 Å². The molecule has 0 spiro atoms. The largest absolute Gasteiger partial charge is 0.481 e. The van der Waals surface area contributed by atoms with E-state index in [-0.39, 0.29) is 0 Å². The van der Waals surface area contributed by atoms with Crippen molar-refractivity contribution < 1.29 is 18.3 Å². The summed E-state index contributed by atoms with van der Waals surface area (Å²) >= 11 is 0. The number of anilines is 1. The van der Waals surface area contributed by atoms with E-state index in [1.54, 1.807) is 13.0 Å². The lowest BCUT2D eigenvalue weighted by Gasteiger charge is -2.18. The molecule has 5 heteroatoms. The van der Waals surface area contributed by atoms with E-state index in [1.165, 1.54) is 6.07 Å². The zero-order valence-electron chi connectivity index (χ0n) is 13.6. The Bertz CT molecular complexity index is 891. The molecule has 1 amide bonds. The first-order valence-corrected chi connectivity index (χ1v) is 7.99. The molecule has 3 nitrogen and oxygen atoms in total. The minimum absolute atomic E-state index is 0.356. The van der Waals surface area contributed by atoms with Crippen molar-refractivity contribution in [2.75, 3.05) is 5.32 Å². The van der Waals surface area contributed by atoms with Gasteiger partial charge in [-0.05, 0) is 41.5 Å². The van der Waals surface area contributed by atoms with E-state index < -0.39 is 29.3 Å². The molecule has 0 aliphatic rings. The molecule has 128 valence electrons. The van der Waals surface area contributed by atoms with Crippen molar-refractivity contribution in [3.05, 3.63) is 72.3 Å². The standard InChI is InChI=1S/C20H17F2NO2/c1-2-18(20(24)23-19-16(21)8-5-9-17(19)22)25-15-11-10-13-6-3-4-7-14(13)12-15/h3-12,18H,2H2,1H3,(H,23,24)/t18-/m1/s1. The molecule has 0 heterocycles. The molecule has 0 aliphatic carbocycles. The summed E-state index contributed by atoms with van der Waals surface area (Å²) in [6.07, 6.45) is -0.505. The predicted octanol–water partition coefficient (Wildman–Crippen LogP) is 4.91. The molecule has 0 aliphatic heterocycles. The fourth-order valence-electron chi connectivity index (χ4n) is 2.55. The van der Waals surface area contributed by atoms with Crippen LogP contribution in [-0.4, -0.2) is 12.0 Å². The Morgan fingerprint density at radius 1 is 1.00 bits per heavy atom. The molecule has 0 unspecified atom stereocenters. The third-order valence-corrected chi connectivity index (χ3v) is 3.87. The Kier molecular flexibility index (Phi) is 4.93. The van der Waals surface area contributed by atoms with Gasteiger partial charge in [0.1, 0.15) is 23.1 Å². The van der Waals surface area contributed by atoms with Crippen molar-refractivity contribution in [2.45, 2.75) is 19.4 Å². The van der Waals surface area contributed by atoms with E-state index >= 15 is 0 Å². The Balaban J connectivity index is 1.78. The van der Waals surface area contributed by atoms with Gasteiger partial charge in [-0.15, -0.1) is 0 Å². The highest BCUT2D eigenvalue weighted by molar-refractivity contribution is 5.94. The minimum atomic E-state index is -0.861. The highest BCUT2D eigenvalue weighted by Gasteiger charge is 2.21. The lowest BCUT2D eigenvalue weighted by molar-refractivity contribution is -0.122. The second-order valence-corrected chi connectivity index (χ2v) is 5.61. The topological polar surface area (TPSA) is 38.3 Å². The zero-order chi connectivity index (χ0) is 17.8. The second-order valence-electron chi connectivity index (χ2n) is 5.61. The summed E-state index contributed by atoms with van der Waals surface area (Å²) in [4.78, 5) is 12.3. The summed E-state index contributed by atoms with van der Waals surface area (Å²) in [5, 5.41) is 4.31. The van der Waals surface area contributed by atoms with Crippen LogP contribution in [0.3, 0.4) is 0 Å². The normalized spacial score (nSPS) is 12.0. The van der Waals surface area contributed by atoms with E-state index in [9.17, 15) is 13.6 Å². The average Bonchev–Trinajstić information content (AvgIpc) is 2.62. The van der Waals surface area contributed by atoms with Crippen LogP contribution in [0.15, 0.2) is 60.7 Å². The molecule has 3 rings (SSSR count). The first kappa shape index (κ1) is 16.9. The molecule has 0 bridgehead atoms. The molecule has 0 radical (unpaired) electrons. The molecule has 3 aromatic carbocycles. The van der Waals surface area contributed by atoms with E-state index in [0.717, 1.165) is 22.9 Å². The Morgan fingerprint density at radius 2 is 1.68 bits per heavy atom. The predicted molar refractivity (Wildman–Crippen MR) is 93.6 cm³/mol. The molecule has 25 heavy (non-hydrogen) atoms. The van der Waals surface area contributed by atoms with E-state index in [4.69, 9.17) is 4.74 Å². The molecule has 1 atom stereocenters. The highest BCUT2D eigenvalue weighted by Crippen LogP contribution is 2.23. The van der Waals surface area contributed by atoms with Gasteiger partial charge in [0.2, 0.25) is 0 Å². The second kappa shape index (κ2) is 7.30. The number of ether oxygens (including phenoxy) is 1. The van der Waals surface area contributed by atoms with Crippen LogP contribution in [0.4, 0.5) is 14.5 Å². The van der Waals surface area contributed by atoms with Gasteiger partial charge in [0.05, 0.1) is 0 Å². The highest BCUT2D eigenvalue weighted by atomic mass is 19.1. The quantitative estimate of drug-likeness (QED) is 0.716. The summed E-state index contributed by atoms with van der Waals surface area (Å²) in [6, 6.07) is 16.7. The van der Waals surface area contributed by atoms with Crippen molar-refractivity contribution in [1.82, 2.24) is 0 Å². The maximum atomic E-state index is 13.7. The summed E-state index contributed by atoms with van der Waals surface area (Å²) < 4.78 is 33.1. The summed E-state index contributed by atoms with van der Waals surface area (Å²) in [7, 11) is 0. The van der Waals surface area contributed by atoms with Crippen molar-refractivity contribution in [3.8, 4) is 5.75 Å². The van der Waals surface area contributed by atoms with Crippen LogP contribution >= 0.6 is 0 Å². The molecule has 0 fully saturated rings. The number of hydrogen-bond acceptors (Lipinski definition) is 2. The maximum Gasteiger partial charge on any atom is 0.265 e. The lowest BCUT2D eigenvalue weighted by atomic mass is 10.1. The third kappa shape index (κ3) is 3.76. The maximum absolute atomic E-state index is 13.7. The Hall–Kier alpha value is -2.95. The monoisotopic (exact) mass is 341 g/mol. The fraction of sp³-hybridized carbons (Fsp3) is 0.150.